The molecule has 3 aromatic rings. The second kappa shape index (κ2) is 12.3. The van der Waals surface area contributed by atoms with Crippen LogP contribution in [0.3, 0.4) is 0 Å². The molecule has 1 aliphatic rings. The van der Waals surface area contributed by atoms with Crippen molar-refractivity contribution in [1.29, 1.82) is 0 Å². The molecule has 10 nitrogen and oxygen atoms in total. The molecule has 4 rings (SSSR count). The second-order valence-electron chi connectivity index (χ2n) is 8.15. The largest absolute Gasteiger partial charge is 0.493 e. The fourth-order valence-corrected chi connectivity index (χ4v) is 5.30. The number of likely N-dealkylation sites (N-methyl/N-ethyl adjacent to an activating group) is 1. The highest BCUT2D eigenvalue weighted by Crippen LogP contribution is 2.38. The minimum Gasteiger partial charge on any atom is -0.493 e. The lowest BCUT2D eigenvalue weighted by Crippen LogP contribution is -2.23. The van der Waals surface area contributed by atoms with Crippen molar-refractivity contribution < 1.29 is 28.7 Å². The molecule has 0 N–H and O–H groups in total. The van der Waals surface area contributed by atoms with Crippen LogP contribution in [0.4, 0.5) is 11.4 Å². The van der Waals surface area contributed by atoms with E-state index in [1.165, 1.54) is 43.0 Å². The Labute approximate surface area is 241 Å². The Morgan fingerprint density at radius 2 is 1.82 bits per heavy atom. The van der Waals surface area contributed by atoms with Gasteiger partial charge in [0.05, 0.1) is 38.9 Å². The number of ether oxygens (including phenoxy) is 3. The van der Waals surface area contributed by atoms with E-state index in [2.05, 4.69) is 27.6 Å². The van der Waals surface area contributed by atoms with Crippen LogP contribution >= 0.6 is 34.4 Å². The van der Waals surface area contributed by atoms with Gasteiger partial charge in [-0.15, -0.1) is 0 Å². The van der Waals surface area contributed by atoms with Gasteiger partial charge in [0.15, 0.2) is 16.7 Å². The van der Waals surface area contributed by atoms with E-state index in [0.29, 0.717) is 32.8 Å². The van der Waals surface area contributed by atoms with Gasteiger partial charge < -0.3 is 14.2 Å². The lowest BCUT2D eigenvalue weighted by atomic mass is 10.1. The number of aliphatic imine (C=N–C) groups is 1. The van der Waals surface area contributed by atoms with Crippen LogP contribution in [0.25, 0.3) is 6.08 Å². The quantitative estimate of drug-likeness (QED) is 0.0978. The summed E-state index contributed by atoms with van der Waals surface area (Å²) in [5.74, 6) is 0.380. The Morgan fingerprint density at radius 3 is 2.44 bits per heavy atom. The zero-order valence-electron chi connectivity index (χ0n) is 21.0. The molecular formula is C27H22IN3O7S. The van der Waals surface area contributed by atoms with Crippen molar-refractivity contribution in [2.45, 2.75) is 6.61 Å². The number of hydrogen-bond acceptors (Lipinski definition) is 9. The summed E-state index contributed by atoms with van der Waals surface area (Å²) in [6.07, 6.45) is 1.76. The molecule has 39 heavy (non-hydrogen) atoms. The Morgan fingerprint density at radius 1 is 1.13 bits per heavy atom. The maximum atomic E-state index is 12.9. The standard InChI is InChI=1S/C27H22IN3O7S/c1-30-25(32)23(39-27(30)29-19-8-6-18(7-9-19)26(33)37-3)14-17-12-21(28)24(22(13-17)36-2)38-15-16-4-10-20(11-5-16)31(34)35/h4-14H,15H2,1-3H3. The van der Waals surface area contributed by atoms with Gasteiger partial charge in [0.1, 0.15) is 6.61 Å². The van der Waals surface area contributed by atoms with Gasteiger partial charge in [-0.1, -0.05) is 0 Å². The Hall–Kier alpha value is -3.91. The predicted molar refractivity (Wildman–Crippen MR) is 156 cm³/mol. The number of benzene rings is 3. The van der Waals surface area contributed by atoms with Crippen molar-refractivity contribution in [1.82, 2.24) is 4.90 Å². The van der Waals surface area contributed by atoms with Gasteiger partial charge in [0, 0.05) is 19.2 Å². The third kappa shape index (κ3) is 6.57. The fraction of sp³-hybridized carbons (Fsp3) is 0.148. The highest BCUT2D eigenvalue weighted by molar-refractivity contribution is 14.1. The van der Waals surface area contributed by atoms with Gasteiger partial charge in [0.2, 0.25) is 0 Å². The Kier molecular flexibility index (Phi) is 8.86. The molecule has 0 aromatic heterocycles. The SMILES string of the molecule is COC(=O)c1ccc(N=C2SC(=Cc3cc(I)c(OCc4ccc([N+](=O)[O-])cc4)c(OC)c3)C(=O)N2C)cc1. The van der Waals surface area contributed by atoms with E-state index in [1.54, 1.807) is 55.6 Å². The zero-order chi connectivity index (χ0) is 28.1. The molecule has 0 aliphatic carbocycles. The first kappa shape index (κ1) is 28.1. The van der Waals surface area contributed by atoms with Gasteiger partial charge in [-0.25, -0.2) is 9.79 Å². The van der Waals surface area contributed by atoms with Crippen LogP contribution in [-0.4, -0.2) is 48.1 Å². The lowest BCUT2D eigenvalue weighted by Gasteiger charge is -2.14. The smallest absolute Gasteiger partial charge is 0.337 e. The van der Waals surface area contributed by atoms with Crippen LogP contribution in [0.2, 0.25) is 0 Å². The van der Waals surface area contributed by atoms with Crippen molar-refractivity contribution in [3.63, 3.8) is 0 Å². The van der Waals surface area contributed by atoms with Gasteiger partial charge >= 0.3 is 5.97 Å². The molecule has 1 fully saturated rings. The second-order valence-corrected chi connectivity index (χ2v) is 10.3. The molecule has 1 heterocycles. The van der Waals surface area contributed by atoms with E-state index in [-0.39, 0.29) is 18.2 Å². The van der Waals surface area contributed by atoms with E-state index in [4.69, 9.17) is 14.2 Å². The number of hydrogen-bond donors (Lipinski definition) is 0. The molecule has 0 saturated carbocycles. The summed E-state index contributed by atoms with van der Waals surface area (Å²) in [6.45, 7) is 0.199. The number of amides is 1. The molecule has 0 bridgehead atoms. The maximum absolute atomic E-state index is 12.9. The third-order valence-corrected chi connectivity index (χ3v) is 7.46. The molecule has 0 unspecified atom stereocenters. The summed E-state index contributed by atoms with van der Waals surface area (Å²) in [7, 11) is 4.50. The van der Waals surface area contributed by atoms with E-state index in [1.807, 2.05) is 6.07 Å². The summed E-state index contributed by atoms with van der Waals surface area (Å²) in [6, 6.07) is 16.4. The van der Waals surface area contributed by atoms with Gasteiger partial charge in [0.25, 0.3) is 11.6 Å². The van der Waals surface area contributed by atoms with Gasteiger partial charge in [-0.2, -0.15) is 0 Å². The molecule has 0 radical (unpaired) electrons. The molecule has 0 atom stereocenters. The number of non-ortho nitro benzene ring substituents is 1. The van der Waals surface area contributed by atoms with Gasteiger partial charge in [-0.05, 0) is 100 Å². The average Bonchev–Trinajstić information content (AvgIpc) is 3.19. The molecule has 0 spiro atoms. The molecule has 200 valence electrons. The number of esters is 1. The first-order valence-electron chi connectivity index (χ1n) is 11.4. The van der Waals surface area contributed by atoms with E-state index >= 15 is 0 Å². The fourth-order valence-electron chi connectivity index (χ4n) is 3.54. The third-order valence-electron chi connectivity index (χ3n) is 5.60. The summed E-state index contributed by atoms with van der Waals surface area (Å²) in [5, 5.41) is 11.4. The van der Waals surface area contributed by atoms with Crippen LogP contribution in [0.15, 0.2) is 70.6 Å². The number of amidine groups is 1. The number of nitro groups is 1. The normalized spacial score (nSPS) is 15.1. The van der Waals surface area contributed by atoms with Crippen LogP contribution in [0.1, 0.15) is 21.5 Å². The summed E-state index contributed by atoms with van der Waals surface area (Å²) < 4.78 is 17.0. The molecule has 1 saturated heterocycles. The van der Waals surface area contributed by atoms with Crippen molar-refractivity contribution in [2.75, 3.05) is 21.3 Å². The number of nitro benzene ring substituents is 1. The van der Waals surface area contributed by atoms with Crippen molar-refractivity contribution in [2.24, 2.45) is 4.99 Å². The molecule has 12 heteroatoms. The van der Waals surface area contributed by atoms with Crippen molar-refractivity contribution >= 4 is 68.8 Å². The first-order valence-corrected chi connectivity index (χ1v) is 13.3. The van der Waals surface area contributed by atoms with Crippen LogP contribution in [0.5, 0.6) is 11.5 Å². The first-order chi connectivity index (χ1) is 18.7. The lowest BCUT2D eigenvalue weighted by molar-refractivity contribution is -0.384. The molecular weight excluding hydrogens is 637 g/mol. The molecule has 1 aliphatic heterocycles. The Balaban J connectivity index is 1.52. The van der Waals surface area contributed by atoms with E-state index in [9.17, 15) is 19.7 Å². The van der Waals surface area contributed by atoms with Crippen LogP contribution in [-0.2, 0) is 16.1 Å². The van der Waals surface area contributed by atoms with Crippen molar-refractivity contribution in [3.8, 4) is 11.5 Å². The maximum Gasteiger partial charge on any atom is 0.337 e. The summed E-state index contributed by atoms with van der Waals surface area (Å²) in [4.78, 5) is 41.5. The summed E-state index contributed by atoms with van der Waals surface area (Å²) >= 11 is 3.37. The summed E-state index contributed by atoms with van der Waals surface area (Å²) in [5.41, 5.74) is 2.53. The minimum atomic E-state index is -0.451. The monoisotopic (exact) mass is 659 g/mol. The highest BCUT2D eigenvalue weighted by atomic mass is 127. The number of carbonyl (C=O) groups is 2. The number of halogens is 1. The zero-order valence-corrected chi connectivity index (χ0v) is 24.0. The minimum absolute atomic E-state index is 0.0120. The topological polar surface area (TPSA) is 121 Å². The predicted octanol–water partition coefficient (Wildman–Crippen LogP) is 5.81. The van der Waals surface area contributed by atoms with Crippen LogP contribution in [0, 0.1) is 13.7 Å². The van der Waals surface area contributed by atoms with E-state index < -0.39 is 10.9 Å². The number of nitrogens with zero attached hydrogens (tertiary/aromatic N) is 3. The van der Waals surface area contributed by atoms with Crippen LogP contribution < -0.4 is 9.47 Å². The number of methoxy groups -OCH3 is 2. The van der Waals surface area contributed by atoms with Crippen molar-refractivity contribution in [3.05, 3.63) is 95.9 Å². The number of thioether (sulfide) groups is 1. The van der Waals surface area contributed by atoms with Gasteiger partial charge in [-0.3, -0.25) is 19.8 Å². The molecule has 1 amide bonds. The highest BCUT2D eigenvalue weighted by Gasteiger charge is 2.30. The average molecular weight is 659 g/mol. The number of rotatable bonds is 8. The van der Waals surface area contributed by atoms with E-state index in [0.717, 1.165) is 14.7 Å². The number of carbonyl (C=O) groups excluding carboxylic acids is 2. The Bertz CT molecular complexity index is 1490. The molecule has 3 aromatic carbocycles.